The number of carbonyl (C=O) groups excluding carboxylic acids is 1. The number of aryl methyl sites for hydroxylation is 1. The third-order valence-electron chi connectivity index (χ3n) is 6.62. The van der Waals surface area contributed by atoms with Gasteiger partial charge in [0.15, 0.2) is 4.80 Å². The van der Waals surface area contributed by atoms with Crippen LogP contribution in [-0.2, 0) is 9.53 Å². The second-order valence-corrected chi connectivity index (χ2v) is 10.5. The van der Waals surface area contributed by atoms with Crippen LogP contribution in [0.15, 0.2) is 69.6 Å². The monoisotopic (exact) mass is 567 g/mol. The minimum absolute atomic E-state index is 0.0171. The summed E-state index contributed by atoms with van der Waals surface area (Å²) in [7, 11) is 0. The molecule has 6 nitrogen and oxygen atoms in total. The van der Waals surface area contributed by atoms with Gasteiger partial charge in [0, 0.05) is 17.1 Å². The van der Waals surface area contributed by atoms with Crippen LogP contribution in [0, 0.1) is 25.5 Å². The van der Waals surface area contributed by atoms with E-state index in [2.05, 4.69) is 4.99 Å². The highest BCUT2D eigenvalue weighted by molar-refractivity contribution is 7.07. The van der Waals surface area contributed by atoms with Crippen molar-refractivity contribution in [3.8, 4) is 5.69 Å². The molecule has 10 heteroatoms. The van der Waals surface area contributed by atoms with Gasteiger partial charge in [-0.1, -0.05) is 35.1 Å². The zero-order chi connectivity index (χ0) is 28.0. The average Bonchev–Trinajstić information content (AvgIpc) is 3.35. The second kappa shape index (κ2) is 10.4. The van der Waals surface area contributed by atoms with Crippen molar-refractivity contribution in [2.75, 3.05) is 6.61 Å². The van der Waals surface area contributed by atoms with Crippen LogP contribution in [0.3, 0.4) is 0 Å². The van der Waals surface area contributed by atoms with Crippen LogP contribution in [0.5, 0.6) is 0 Å². The number of halogens is 3. The lowest BCUT2D eigenvalue weighted by atomic mass is 9.96. The second-order valence-electron chi connectivity index (χ2n) is 9.11. The molecule has 5 rings (SSSR count). The number of esters is 1. The number of nitrogens with zero attached hydrogens (tertiary/aromatic N) is 3. The molecule has 0 unspecified atom stereocenters. The van der Waals surface area contributed by atoms with Gasteiger partial charge in [-0.05, 0) is 81.3 Å². The highest BCUT2D eigenvalue weighted by atomic mass is 35.5. The van der Waals surface area contributed by atoms with Crippen LogP contribution >= 0.6 is 22.9 Å². The minimum Gasteiger partial charge on any atom is -0.463 e. The Bertz CT molecular complexity index is 1830. The van der Waals surface area contributed by atoms with Crippen LogP contribution in [0.1, 0.15) is 42.4 Å². The smallest absolute Gasteiger partial charge is 0.338 e. The van der Waals surface area contributed by atoms with Gasteiger partial charge in [0.1, 0.15) is 11.6 Å². The number of carbonyl (C=O) groups is 1. The summed E-state index contributed by atoms with van der Waals surface area (Å²) in [5, 5.41) is 0.0171. The molecule has 4 aromatic rings. The van der Waals surface area contributed by atoms with Crippen LogP contribution in [-0.4, -0.2) is 21.7 Å². The van der Waals surface area contributed by atoms with E-state index in [1.54, 1.807) is 44.2 Å². The van der Waals surface area contributed by atoms with Crippen molar-refractivity contribution in [3.63, 3.8) is 0 Å². The molecular formula is C29H24ClF2N3O3S. The molecule has 0 saturated heterocycles. The van der Waals surface area contributed by atoms with Gasteiger partial charge in [0.2, 0.25) is 0 Å². The lowest BCUT2D eigenvalue weighted by Crippen LogP contribution is -2.39. The first-order valence-electron chi connectivity index (χ1n) is 12.2. The minimum atomic E-state index is -0.822. The van der Waals surface area contributed by atoms with Gasteiger partial charge >= 0.3 is 5.97 Å². The molecule has 0 aliphatic carbocycles. The fraction of sp³-hybridized carbons (Fsp3) is 0.207. The summed E-state index contributed by atoms with van der Waals surface area (Å²) in [6.45, 7) is 7.36. The first-order chi connectivity index (χ1) is 18.6. The van der Waals surface area contributed by atoms with Crippen molar-refractivity contribution >= 4 is 35.0 Å². The molecule has 0 amide bonds. The molecule has 1 aliphatic heterocycles. The summed E-state index contributed by atoms with van der Waals surface area (Å²) in [5.74, 6) is -1.51. The van der Waals surface area contributed by atoms with Gasteiger partial charge in [-0.2, -0.15) is 0 Å². The first kappa shape index (κ1) is 26.8. The topological polar surface area (TPSA) is 65.6 Å². The number of ether oxygens (including phenoxy) is 1. The van der Waals surface area contributed by atoms with Gasteiger partial charge in [0.05, 0.1) is 33.5 Å². The molecule has 1 aliphatic rings. The van der Waals surface area contributed by atoms with Gasteiger partial charge in [-0.25, -0.2) is 18.6 Å². The van der Waals surface area contributed by atoms with E-state index in [-0.39, 0.29) is 22.8 Å². The summed E-state index contributed by atoms with van der Waals surface area (Å²) in [6, 6.07) is 11.3. The summed E-state index contributed by atoms with van der Waals surface area (Å²) < 4.78 is 36.6. The zero-order valence-corrected chi connectivity index (χ0v) is 23.2. The maximum absolute atomic E-state index is 13.8. The van der Waals surface area contributed by atoms with E-state index in [9.17, 15) is 18.4 Å². The fourth-order valence-electron chi connectivity index (χ4n) is 4.85. The van der Waals surface area contributed by atoms with Gasteiger partial charge < -0.3 is 9.30 Å². The maximum atomic E-state index is 13.8. The molecule has 0 fully saturated rings. The molecular weight excluding hydrogens is 544 g/mol. The maximum Gasteiger partial charge on any atom is 0.338 e. The molecule has 0 spiro atoms. The van der Waals surface area contributed by atoms with E-state index in [0.717, 1.165) is 17.0 Å². The number of fused-ring (bicyclic) bond motifs is 1. The van der Waals surface area contributed by atoms with Crippen molar-refractivity contribution < 1.29 is 18.3 Å². The number of hydrogen-bond donors (Lipinski definition) is 0. The Balaban J connectivity index is 1.68. The van der Waals surface area contributed by atoms with Crippen LogP contribution < -0.4 is 14.9 Å². The Hall–Kier alpha value is -3.82. The third kappa shape index (κ3) is 4.77. The normalized spacial score (nSPS) is 15.4. The van der Waals surface area contributed by atoms with Crippen molar-refractivity contribution in [2.45, 2.75) is 33.7 Å². The summed E-state index contributed by atoms with van der Waals surface area (Å²) in [4.78, 5) is 31.8. The van der Waals surface area contributed by atoms with Gasteiger partial charge in [0.25, 0.3) is 5.56 Å². The van der Waals surface area contributed by atoms with Crippen LogP contribution in [0.4, 0.5) is 8.78 Å². The van der Waals surface area contributed by atoms with E-state index >= 15 is 0 Å². The van der Waals surface area contributed by atoms with E-state index in [1.165, 1.54) is 34.1 Å². The Morgan fingerprint density at radius 2 is 1.85 bits per heavy atom. The summed E-state index contributed by atoms with van der Waals surface area (Å²) in [5.41, 5.74) is 4.08. The number of hydrogen-bond acceptors (Lipinski definition) is 5. The fourth-order valence-corrected chi connectivity index (χ4v) is 6.06. The van der Waals surface area contributed by atoms with Crippen molar-refractivity contribution in [1.82, 2.24) is 9.13 Å². The molecule has 0 bridgehead atoms. The van der Waals surface area contributed by atoms with Crippen LogP contribution in [0.2, 0.25) is 5.02 Å². The quantitative estimate of drug-likeness (QED) is 0.314. The molecule has 2 aromatic carbocycles. The van der Waals surface area contributed by atoms with Crippen molar-refractivity contribution in [2.24, 2.45) is 4.99 Å². The molecule has 200 valence electrons. The lowest BCUT2D eigenvalue weighted by molar-refractivity contribution is -0.139. The zero-order valence-electron chi connectivity index (χ0n) is 21.6. The predicted octanol–water partition coefficient (Wildman–Crippen LogP) is 5.14. The highest BCUT2D eigenvalue weighted by Crippen LogP contribution is 2.31. The number of allylic oxidation sites excluding steroid dienone is 1. The van der Waals surface area contributed by atoms with Crippen molar-refractivity contribution in [1.29, 1.82) is 0 Å². The lowest BCUT2D eigenvalue weighted by Gasteiger charge is -2.24. The van der Waals surface area contributed by atoms with E-state index < -0.39 is 23.6 Å². The van der Waals surface area contributed by atoms with Gasteiger partial charge in [-0.3, -0.25) is 9.36 Å². The highest BCUT2D eigenvalue weighted by Gasteiger charge is 2.33. The third-order valence-corrected chi connectivity index (χ3v) is 7.89. The van der Waals surface area contributed by atoms with E-state index in [1.807, 2.05) is 24.5 Å². The predicted molar refractivity (Wildman–Crippen MR) is 147 cm³/mol. The van der Waals surface area contributed by atoms with E-state index in [0.29, 0.717) is 26.3 Å². The van der Waals surface area contributed by atoms with Gasteiger partial charge in [-0.15, -0.1) is 0 Å². The van der Waals surface area contributed by atoms with Crippen LogP contribution in [0.25, 0.3) is 11.8 Å². The number of benzene rings is 2. The molecule has 0 radical (unpaired) electrons. The summed E-state index contributed by atoms with van der Waals surface area (Å²) >= 11 is 7.22. The largest absolute Gasteiger partial charge is 0.463 e. The number of rotatable bonds is 5. The summed E-state index contributed by atoms with van der Waals surface area (Å²) in [6.07, 6.45) is 1.78. The molecule has 39 heavy (non-hydrogen) atoms. The molecule has 3 heterocycles. The molecule has 2 aromatic heterocycles. The number of aromatic nitrogens is 2. The first-order valence-corrected chi connectivity index (χ1v) is 13.4. The van der Waals surface area contributed by atoms with Crippen molar-refractivity contribution in [3.05, 3.63) is 119 Å². The van der Waals surface area contributed by atoms with E-state index in [4.69, 9.17) is 16.3 Å². The number of thiazole rings is 1. The Morgan fingerprint density at radius 3 is 2.51 bits per heavy atom. The average molecular weight is 568 g/mol. The molecule has 0 N–H and O–H groups in total. The Kier molecular flexibility index (Phi) is 7.13. The Labute approximate surface area is 231 Å². The standard InChI is InChI=1S/C29H24ClF2N3O3S/c1-5-38-28(37)25-16(3)33-29-35(26(25)18-6-8-20(31)9-7-18)27(36)24(39-29)13-19-12-15(2)34(17(19)4)21-10-11-23(32)22(30)14-21/h6-14,26H,5H2,1-4H3/b24-13+/t26-/m1/s1. The molecule has 0 saturated carbocycles. The molecule has 1 atom stereocenters. The SMILES string of the molecule is CCOC(=O)C1=C(C)N=c2s/c(=C/c3cc(C)n(-c4ccc(F)c(Cl)c4)c3C)c(=O)n2[C@@H]1c1ccc(F)cc1. The Morgan fingerprint density at radius 1 is 1.13 bits per heavy atom.